The molecule has 1 fully saturated rings. The summed E-state index contributed by atoms with van der Waals surface area (Å²) >= 11 is 0. The molecule has 1 amide bonds. The first-order valence-corrected chi connectivity index (χ1v) is 8.88. The van der Waals surface area contributed by atoms with Crippen molar-refractivity contribution in [3.05, 3.63) is 42.5 Å². The molecule has 4 heteroatoms. The molecular weight excluding hydrogens is 300 g/mol. The predicted molar refractivity (Wildman–Crippen MR) is 97.3 cm³/mol. The van der Waals surface area contributed by atoms with Crippen LogP contribution in [0.5, 0.6) is 5.75 Å². The summed E-state index contributed by atoms with van der Waals surface area (Å²) in [4.78, 5) is 17.2. The number of carbonyl (C=O) groups excluding carboxylic acids is 1. The van der Waals surface area contributed by atoms with Gasteiger partial charge < -0.3 is 14.5 Å². The maximum atomic E-state index is 12.8. The molecule has 1 aliphatic heterocycles. The van der Waals surface area contributed by atoms with Crippen molar-refractivity contribution in [2.45, 2.75) is 26.4 Å². The first-order valence-electron chi connectivity index (χ1n) is 8.88. The highest BCUT2D eigenvalue weighted by molar-refractivity contribution is 5.89. The van der Waals surface area contributed by atoms with Crippen LogP contribution in [0.25, 0.3) is 10.8 Å². The molecule has 0 saturated carbocycles. The van der Waals surface area contributed by atoms with Crippen molar-refractivity contribution in [1.82, 2.24) is 9.80 Å². The van der Waals surface area contributed by atoms with Crippen LogP contribution < -0.4 is 4.74 Å². The SMILES string of the molecule is CC[C@H](Oc1cccc2ccccc12)C(=O)N1CCN(CC)CC1. The standard InChI is InChI=1S/C20H26N2O2/c1-3-18(20(23)22-14-12-21(4-2)13-15-22)24-19-11-7-9-16-8-5-6-10-17(16)19/h5-11,18H,3-4,12-15H2,1-2H3/t18-/m0/s1. The van der Waals surface area contributed by atoms with Crippen molar-refractivity contribution in [2.75, 3.05) is 32.7 Å². The molecule has 24 heavy (non-hydrogen) atoms. The van der Waals surface area contributed by atoms with E-state index < -0.39 is 6.10 Å². The van der Waals surface area contributed by atoms with Gasteiger partial charge in [0.2, 0.25) is 0 Å². The van der Waals surface area contributed by atoms with Gasteiger partial charge in [0.15, 0.2) is 6.10 Å². The molecule has 0 N–H and O–H groups in total. The summed E-state index contributed by atoms with van der Waals surface area (Å²) in [5.74, 6) is 0.904. The van der Waals surface area contributed by atoms with E-state index in [2.05, 4.69) is 24.0 Å². The Morgan fingerprint density at radius 2 is 1.75 bits per heavy atom. The number of hydrogen-bond acceptors (Lipinski definition) is 3. The molecule has 0 aromatic heterocycles. The lowest BCUT2D eigenvalue weighted by Gasteiger charge is -2.35. The van der Waals surface area contributed by atoms with E-state index in [1.807, 2.05) is 42.2 Å². The van der Waals surface area contributed by atoms with Crippen LogP contribution in [-0.4, -0.2) is 54.5 Å². The fourth-order valence-electron chi connectivity index (χ4n) is 3.25. The Morgan fingerprint density at radius 1 is 1.04 bits per heavy atom. The highest BCUT2D eigenvalue weighted by atomic mass is 16.5. The van der Waals surface area contributed by atoms with Crippen LogP contribution in [0.3, 0.4) is 0 Å². The second-order valence-corrected chi connectivity index (χ2v) is 6.25. The molecule has 0 unspecified atom stereocenters. The van der Waals surface area contributed by atoms with Gasteiger partial charge in [-0.05, 0) is 24.4 Å². The van der Waals surface area contributed by atoms with Gasteiger partial charge in [-0.15, -0.1) is 0 Å². The van der Waals surface area contributed by atoms with Gasteiger partial charge in [0, 0.05) is 31.6 Å². The summed E-state index contributed by atoms with van der Waals surface area (Å²) < 4.78 is 6.14. The van der Waals surface area contributed by atoms with E-state index in [0.29, 0.717) is 6.42 Å². The van der Waals surface area contributed by atoms with Crippen LogP contribution in [0.2, 0.25) is 0 Å². The van der Waals surface area contributed by atoms with Crippen LogP contribution in [-0.2, 0) is 4.79 Å². The Balaban J connectivity index is 1.73. The number of ether oxygens (including phenoxy) is 1. The zero-order valence-corrected chi connectivity index (χ0v) is 14.6. The summed E-state index contributed by atoms with van der Waals surface area (Å²) in [6, 6.07) is 14.1. The van der Waals surface area contributed by atoms with Gasteiger partial charge in [0.05, 0.1) is 0 Å². The third kappa shape index (κ3) is 3.54. The van der Waals surface area contributed by atoms with Gasteiger partial charge in [-0.3, -0.25) is 4.79 Å². The molecule has 1 saturated heterocycles. The predicted octanol–water partition coefficient (Wildman–Crippen LogP) is 3.16. The number of hydrogen-bond donors (Lipinski definition) is 0. The Hall–Kier alpha value is -2.07. The van der Waals surface area contributed by atoms with Gasteiger partial charge in [-0.25, -0.2) is 0 Å². The second kappa shape index (κ2) is 7.67. The summed E-state index contributed by atoms with van der Waals surface area (Å²) in [5, 5.41) is 2.19. The Morgan fingerprint density at radius 3 is 2.46 bits per heavy atom. The number of likely N-dealkylation sites (N-methyl/N-ethyl adjacent to an activating group) is 1. The molecule has 1 heterocycles. The monoisotopic (exact) mass is 326 g/mol. The number of carbonyl (C=O) groups is 1. The number of amides is 1. The Bertz CT molecular complexity index is 688. The quantitative estimate of drug-likeness (QED) is 0.846. The van der Waals surface area contributed by atoms with Crippen molar-refractivity contribution >= 4 is 16.7 Å². The third-order valence-corrected chi connectivity index (χ3v) is 4.80. The minimum Gasteiger partial charge on any atom is -0.480 e. The fraction of sp³-hybridized carbons (Fsp3) is 0.450. The van der Waals surface area contributed by atoms with Crippen LogP contribution in [0.15, 0.2) is 42.5 Å². The number of rotatable bonds is 5. The highest BCUT2D eigenvalue weighted by Crippen LogP contribution is 2.27. The van der Waals surface area contributed by atoms with E-state index in [9.17, 15) is 4.79 Å². The minimum atomic E-state index is -0.413. The van der Waals surface area contributed by atoms with Crippen molar-refractivity contribution in [3.63, 3.8) is 0 Å². The third-order valence-electron chi connectivity index (χ3n) is 4.80. The summed E-state index contributed by atoms with van der Waals surface area (Å²) in [5.41, 5.74) is 0. The number of piperazine rings is 1. The second-order valence-electron chi connectivity index (χ2n) is 6.25. The van der Waals surface area contributed by atoms with E-state index in [1.165, 1.54) is 0 Å². The average Bonchev–Trinajstić information content (AvgIpc) is 2.65. The van der Waals surface area contributed by atoms with Gasteiger partial charge >= 0.3 is 0 Å². The van der Waals surface area contributed by atoms with Crippen LogP contribution in [0, 0.1) is 0 Å². The highest BCUT2D eigenvalue weighted by Gasteiger charge is 2.27. The molecule has 1 aliphatic rings. The van der Waals surface area contributed by atoms with E-state index in [4.69, 9.17) is 4.74 Å². The van der Waals surface area contributed by atoms with Crippen molar-refractivity contribution in [3.8, 4) is 5.75 Å². The maximum absolute atomic E-state index is 12.8. The molecule has 0 spiro atoms. The Labute approximate surface area is 144 Å². The summed E-state index contributed by atoms with van der Waals surface area (Å²) in [7, 11) is 0. The first kappa shape index (κ1) is 16.8. The van der Waals surface area contributed by atoms with Crippen LogP contribution in [0.4, 0.5) is 0 Å². The Kier molecular flexibility index (Phi) is 5.36. The summed E-state index contributed by atoms with van der Waals surface area (Å²) in [6.07, 6.45) is 0.264. The lowest BCUT2D eigenvalue weighted by Crippen LogP contribution is -2.52. The molecule has 2 aromatic carbocycles. The minimum absolute atomic E-state index is 0.112. The number of nitrogens with zero attached hydrogens (tertiary/aromatic N) is 2. The molecule has 0 radical (unpaired) electrons. The van der Waals surface area contributed by atoms with Gasteiger partial charge in [0.25, 0.3) is 5.91 Å². The lowest BCUT2D eigenvalue weighted by molar-refractivity contribution is -0.140. The van der Waals surface area contributed by atoms with Crippen LogP contribution in [0.1, 0.15) is 20.3 Å². The zero-order chi connectivity index (χ0) is 16.9. The fourth-order valence-corrected chi connectivity index (χ4v) is 3.25. The van der Waals surface area contributed by atoms with E-state index in [1.54, 1.807) is 0 Å². The molecule has 0 aliphatic carbocycles. The molecule has 3 rings (SSSR count). The molecular formula is C20H26N2O2. The zero-order valence-electron chi connectivity index (χ0n) is 14.6. The maximum Gasteiger partial charge on any atom is 0.263 e. The largest absolute Gasteiger partial charge is 0.480 e. The van der Waals surface area contributed by atoms with Gasteiger partial charge in [-0.1, -0.05) is 50.2 Å². The van der Waals surface area contributed by atoms with Gasteiger partial charge in [-0.2, -0.15) is 0 Å². The van der Waals surface area contributed by atoms with Crippen LogP contribution >= 0.6 is 0 Å². The number of fused-ring (bicyclic) bond motifs is 1. The number of benzene rings is 2. The molecule has 128 valence electrons. The van der Waals surface area contributed by atoms with Crippen molar-refractivity contribution in [1.29, 1.82) is 0 Å². The molecule has 4 nitrogen and oxygen atoms in total. The van der Waals surface area contributed by atoms with E-state index in [0.717, 1.165) is 49.2 Å². The average molecular weight is 326 g/mol. The van der Waals surface area contributed by atoms with Gasteiger partial charge in [0.1, 0.15) is 5.75 Å². The van der Waals surface area contributed by atoms with E-state index >= 15 is 0 Å². The smallest absolute Gasteiger partial charge is 0.263 e. The normalized spacial score (nSPS) is 17.0. The molecule has 1 atom stereocenters. The first-order chi connectivity index (χ1) is 11.7. The van der Waals surface area contributed by atoms with E-state index in [-0.39, 0.29) is 5.91 Å². The lowest BCUT2D eigenvalue weighted by atomic mass is 10.1. The topological polar surface area (TPSA) is 32.8 Å². The summed E-state index contributed by atoms with van der Waals surface area (Å²) in [6.45, 7) is 8.71. The molecule has 2 aromatic rings. The molecule has 0 bridgehead atoms. The van der Waals surface area contributed by atoms with Crippen molar-refractivity contribution < 1.29 is 9.53 Å². The van der Waals surface area contributed by atoms with Crippen molar-refractivity contribution in [2.24, 2.45) is 0 Å².